The Labute approximate surface area is 107 Å². The van der Waals surface area contributed by atoms with Crippen LogP contribution >= 0.6 is 0 Å². The van der Waals surface area contributed by atoms with Crippen LogP contribution in [0.1, 0.15) is 28.9 Å². The predicted octanol–water partition coefficient (Wildman–Crippen LogP) is 2.31. The standard InChI is InChI=1S/C12H13F3N2O2/c13-12(14,15)10-2-1-5-17(10)7-9-6-8(11(18)19)3-4-16-9/h3-4,6,10H,1-2,5,7H2,(H,18,19). The Balaban J connectivity index is 2.12. The average molecular weight is 274 g/mol. The summed E-state index contributed by atoms with van der Waals surface area (Å²) in [5.74, 6) is -1.11. The van der Waals surface area contributed by atoms with Gasteiger partial charge in [-0.25, -0.2) is 4.79 Å². The van der Waals surface area contributed by atoms with Crippen molar-refractivity contribution in [2.45, 2.75) is 31.6 Å². The molecule has 0 aromatic carbocycles. The first-order valence-electron chi connectivity index (χ1n) is 5.87. The van der Waals surface area contributed by atoms with Gasteiger partial charge in [-0.1, -0.05) is 0 Å². The highest BCUT2D eigenvalue weighted by Gasteiger charge is 2.45. The zero-order valence-corrected chi connectivity index (χ0v) is 10.0. The number of hydrogen-bond acceptors (Lipinski definition) is 3. The van der Waals surface area contributed by atoms with Gasteiger partial charge in [-0.15, -0.1) is 0 Å². The normalized spacial score (nSPS) is 20.7. The summed E-state index contributed by atoms with van der Waals surface area (Å²) < 4.78 is 38.3. The lowest BCUT2D eigenvalue weighted by molar-refractivity contribution is -0.177. The molecule has 1 N–H and O–H groups in total. The summed E-state index contributed by atoms with van der Waals surface area (Å²) in [6.07, 6.45) is -2.37. The van der Waals surface area contributed by atoms with Gasteiger partial charge < -0.3 is 5.11 Å². The molecule has 104 valence electrons. The van der Waals surface area contributed by atoms with Crippen molar-refractivity contribution in [3.8, 4) is 0 Å². The molecule has 0 bridgehead atoms. The van der Waals surface area contributed by atoms with Gasteiger partial charge in [-0.3, -0.25) is 9.88 Å². The van der Waals surface area contributed by atoms with Gasteiger partial charge in [0.1, 0.15) is 6.04 Å². The van der Waals surface area contributed by atoms with Gasteiger partial charge >= 0.3 is 12.1 Å². The molecule has 4 nitrogen and oxygen atoms in total. The van der Waals surface area contributed by atoms with Gasteiger partial charge in [0.15, 0.2) is 0 Å². The fraction of sp³-hybridized carbons (Fsp3) is 0.500. The van der Waals surface area contributed by atoms with Crippen molar-refractivity contribution in [3.05, 3.63) is 29.6 Å². The molecule has 2 rings (SSSR count). The van der Waals surface area contributed by atoms with Crippen LogP contribution in [0.15, 0.2) is 18.3 Å². The van der Waals surface area contributed by atoms with Crippen molar-refractivity contribution in [2.75, 3.05) is 6.54 Å². The van der Waals surface area contributed by atoms with Crippen LogP contribution in [0.4, 0.5) is 13.2 Å². The number of hydrogen-bond donors (Lipinski definition) is 1. The van der Waals surface area contributed by atoms with Crippen LogP contribution in [0.2, 0.25) is 0 Å². The predicted molar refractivity (Wildman–Crippen MR) is 60.7 cm³/mol. The molecule has 1 aliphatic heterocycles. The van der Waals surface area contributed by atoms with Crippen LogP contribution < -0.4 is 0 Å². The molecule has 0 aliphatic carbocycles. The monoisotopic (exact) mass is 274 g/mol. The Morgan fingerprint density at radius 1 is 1.53 bits per heavy atom. The van der Waals surface area contributed by atoms with E-state index in [4.69, 9.17) is 5.11 Å². The van der Waals surface area contributed by atoms with Crippen molar-refractivity contribution in [1.29, 1.82) is 0 Å². The van der Waals surface area contributed by atoms with E-state index < -0.39 is 18.2 Å². The fourth-order valence-corrected chi connectivity index (χ4v) is 2.29. The third-order valence-corrected chi connectivity index (χ3v) is 3.17. The average Bonchev–Trinajstić information content (AvgIpc) is 2.77. The van der Waals surface area contributed by atoms with Gasteiger partial charge in [0, 0.05) is 12.7 Å². The minimum absolute atomic E-state index is 0.0191. The molecule has 1 aromatic rings. The van der Waals surface area contributed by atoms with E-state index in [0.29, 0.717) is 18.7 Å². The zero-order valence-electron chi connectivity index (χ0n) is 10.0. The molecule has 1 atom stereocenters. The maximum Gasteiger partial charge on any atom is 0.404 e. The first-order valence-corrected chi connectivity index (χ1v) is 5.87. The van der Waals surface area contributed by atoms with E-state index in [9.17, 15) is 18.0 Å². The van der Waals surface area contributed by atoms with E-state index in [0.717, 1.165) is 0 Å². The molecule has 1 unspecified atom stereocenters. The summed E-state index contributed by atoms with van der Waals surface area (Å²) in [6.45, 7) is 0.369. The van der Waals surface area contributed by atoms with Crippen LogP contribution in [0.25, 0.3) is 0 Å². The molecule has 19 heavy (non-hydrogen) atoms. The van der Waals surface area contributed by atoms with Crippen LogP contribution in [0.5, 0.6) is 0 Å². The molecule has 0 amide bonds. The van der Waals surface area contributed by atoms with Gasteiger partial charge in [0.25, 0.3) is 0 Å². The Bertz CT molecular complexity index is 476. The Kier molecular flexibility index (Phi) is 3.75. The Morgan fingerprint density at radius 3 is 2.89 bits per heavy atom. The number of likely N-dealkylation sites (tertiary alicyclic amines) is 1. The SMILES string of the molecule is O=C(O)c1ccnc(CN2CCCC2C(F)(F)F)c1. The second-order valence-corrected chi connectivity index (χ2v) is 4.51. The number of rotatable bonds is 3. The molecular formula is C12H13F3N2O2. The van der Waals surface area contributed by atoms with E-state index in [2.05, 4.69) is 4.98 Å². The van der Waals surface area contributed by atoms with E-state index in [1.54, 1.807) is 0 Å². The number of pyridine rings is 1. The number of carboxylic acids is 1. The third kappa shape index (κ3) is 3.23. The molecule has 0 saturated carbocycles. The molecule has 2 heterocycles. The van der Waals surface area contributed by atoms with Crippen molar-refractivity contribution < 1.29 is 23.1 Å². The number of nitrogens with zero attached hydrogens (tertiary/aromatic N) is 2. The molecule has 7 heteroatoms. The molecular weight excluding hydrogens is 261 g/mol. The highest BCUT2D eigenvalue weighted by atomic mass is 19.4. The second-order valence-electron chi connectivity index (χ2n) is 4.51. The molecule has 1 aromatic heterocycles. The summed E-state index contributed by atoms with van der Waals surface area (Å²) in [7, 11) is 0. The van der Waals surface area contributed by atoms with Crippen LogP contribution in [-0.4, -0.2) is 39.7 Å². The van der Waals surface area contributed by atoms with Crippen LogP contribution in [0, 0.1) is 0 Å². The highest BCUT2D eigenvalue weighted by Crippen LogP contribution is 2.33. The number of carbonyl (C=O) groups is 1. The Hall–Kier alpha value is -1.63. The summed E-state index contributed by atoms with van der Waals surface area (Å²) in [4.78, 5) is 16.0. The summed E-state index contributed by atoms with van der Waals surface area (Å²) >= 11 is 0. The van der Waals surface area contributed by atoms with Crippen molar-refractivity contribution in [2.24, 2.45) is 0 Å². The maximum absolute atomic E-state index is 12.8. The minimum Gasteiger partial charge on any atom is -0.478 e. The highest BCUT2D eigenvalue weighted by molar-refractivity contribution is 5.87. The van der Waals surface area contributed by atoms with Gasteiger partial charge in [0.05, 0.1) is 11.3 Å². The van der Waals surface area contributed by atoms with E-state index in [1.807, 2.05) is 0 Å². The smallest absolute Gasteiger partial charge is 0.404 e. The number of aromatic nitrogens is 1. The number of halogens is 3. The third-order valence-electron chi connectivity index (χ3n) is 3.17. The van der Waals surface area contributed by atoms with Crippen LogP contribution in [0.3, 0.4) is 0 Å². The zero-order chi connectivity index (χ0) is 14.0. The van der Waals surface area contributed by atoms with Crippen LogP contribution in [-0.2, 0) is 6.54 Å². The van der Waals surface area contributed by atoms with Gasteiger partial charge in [-0.05, 0) is 31.5 Å². The van der Waals surface area contributed by atoms with E-state index in [1.165, 1.54) is 23.2 Å². The Morgan fingerprint density at radius 2 is 2.26 bits per heavy atom. The quantitative estimate of drug-likeness (QED) is 0.919. The first-order chi connectivity index (χ1) is 8.88. The number of aromatic carboxylic acids is 1. The van der Waals surface area contributed by atoms with Crippen molar-refractivity contribution >= 4 is 5.97 Å². The minimum atomic E-state index is -4.25. The van der Waals surface area contributed by atoms with Gasteiger partial charge in [-0.2, -0.15) is 13.2 Å². The summed E-state index contributed by atoms with van der Waals surface area (Å²) in [6, 6.07) is 1.17. The lowest BCUT2D eigenvalue weighted by Crippen LogP contribution is -2.40. The van der Waals surface area contributed by atoms with Crippen molar-refractivity contribution in [3.63, 3.8) is 0 Å². The van der Waals surface area contributed by atoms with E-state index in [-0.39, 0.29) is 18.5 Å². The lowest BCUT2D eigenvalue weighted by atomic mass is 10.2. The maximum atomic E-state index is 12.8. The van der Waals surface area contributed by atoms with E-state index >= 15 is 0 Å². The molecule has 0 spiro atoms. The molecule has 0 radical (unpaired) electrons. The molecule has 1 aliphatic rings. The molecule has 1 fully saturated rings. The fourth-order valence-electron chi connectivity index (χ4n) is 2.29. The topological polar surface area (TPSA) is 53.4 Å². The largest absolute Gasteiger partial charge is 0.478 e. The number of alkyl halides is 3. The van der Waals surface area contributed by atoms with Gasteiger partial charge in [0.2, 0.25) is 0 Å². The lowest BCUT2D eigenvalue weighted by Gasteiger charge is -2.26. The number of carboxylic acid groups (broad SMARTS) is 1. The molecule has 1 saturated heterocycles. The summed E-state index contributed by atoms with van der Waals surface area (Å²) in [5.41, 5.74) is 0.379. The first kappa shape index (κ1) is 13.8. The second kappa shape index (κ2) is 5.16. The summed E-state index contributed by atoms with van der Waals surface area (Å²) in [5, 5.41) is 8.83. The van der Waals surface area contributed by atoms with Crippen molar-refractivity contribution in [1.82, 2.24) is 9.88 Å².